The van der Waals surface area contributed by atoms with Crippen molar-refractivity contribution in [3.8, 4) is 0 Å². The molecule has 132 valence electrons. The number of hydrogen-bond donors (Lipinski definition) is 0. The Morgan fingerprint density at radius 3 is 2.92 bits per heavy atom. The van der Waals surface area contributed by atoms with Gasteiger partial charge < -0.3 is 14.6 Å². The third kappa shape index (κ3) is 3.70. The minimum atomic E-state index is -0.148. The third-order valence-corrected chi connectivity index (χ3v) is 6.01. The normalized spacial score (nSPS) is 21.0. The number of aldehydes is 1. The van der Waals surface area contributed by atoms with Gasteiger partial charge in [0.05, 0.1) is 11.4 Å². The van der Waals surface area contributed by atoms with Crippen LogP contribution in [0, 0.1) is 5.82 Å². The summed E-state index contributed by atoms with van der Waals surface area (Å²) in [5.41, 5.74) is 1.59. The Bertz CT molecular complexity index is 596. The van der Waals surface area contributed by atoms with Gasteiger partial charge in [-0.15, -0.1) is 11.8 Å². The Morgan fingerprint density at radius 1 is 1.33 bits per heavy atom. The highest BCUT2D eigenvalue weighted by Crippen LogP contribution is 2.36. The fourth-order valence-electron chi connectivity index (χ4n) is 3.67. The molecule has 2 heterocycles. The molecule has 2 saturated heterocycles. The van der Waals surface area contributed by atoms with E-state index in [0.717, 1.165) is 42.3 Å². The number of benzene rings is 1. The van der Waals surface area contributed by atoms with E-state index in [1.54, 1.807) is 17.8 Å². The Balaban J connectivity index is 1.83. The number of piperazine rings is 1. The lowest BCUT2D eigenvalue weighted by atomic mass is 10.1. The molecular weight excluding hydrogens is 325 g/mol. The van der Waals surface area contributed by atoms with Crippen LogP contribution in [0.1, 0.15) is 19.3 Å². The molecule has 24 heavy (non-hydrogen) atoms. The number of carbonyl (C=O) groups is 1. The molecule has 0 aliphatic carbocycles. The van der Waals surface area contributed by atoms with Crippen molar-refractivity contribution in [2.45, 2.75) is 30.2 Å². The second kappa shape index (κ2) is 7.74. The van der Waals surface area contributed by atoms with Gasteiger partial charge in [0.15, 0.2) is 0 Å². The minimum Gasteiger partial charge on any atom is -0.377 e. The van der Waals surface area contributed by atoms with Gasteiger partial charge in [-0.05, 0) is 25.5 Å². The van der Waals surface area contributed by atoms with Gasteiger partial charge >= 0.3 is 0 Å². The maximum atomic E-state index is 14.8. The van der Waals surface area contributed by atoms with E-state index in [1.807, 2.05) is 25.1 Å². The molecule has 2 aliphatic heterocycles. The molecule has 1 unspecified atom stereocenters. The van der Waals surface area contributed by atoms with Gasteiger partial charge in [0, 0.05) is 62.9 Å². The minimum absolute atomic E-state index is 0.148. The van der Waals surface area contributed by atoms with Crippen LogP contribution in [0.4, 0.5) is 15.8 Å². The number of fused-ring (bicyclic) bond motifs is 1. The molecule has 4 nitrogen and oxygen atoms in total. The Hall–Kier alpha value is -1.27. The Kier molecular flexibility index (Phi) is 5.66. The summed E-state index contributed by atoms with van der Waals surface area (Å²) in [5, 5.41) is 0. The van der Waals surface area contributed by atoms with E-state index >= 15 is 0 Å². The lowest BCUT2D eigenvalue weighted by molar-refractivity contribution is -0.107. The molecule has 0 aromatic heterocycles. The molecule has 2 fully saturated rings. The predicted octanol–water partition coefficient (Wildman–Crippen LogP) is 2.86. The van der Waals surface area contributed by atoms with E-state index in [1.165, 1.54) is 19.4 Å². The van der Waals surface area contributed by atoms with Gasteiger partial charge in [0.1, 0.15) is 12.1 Å². The number of nitrogens with zero attached hydrogens (tertiary/aromatic N) is 3. The first-order valence-electron chi connectivity index (χ1n) is 8.66. The standard InChI is InChI=1S/C18H26FN3OS/c1-20(2)17-11-15(19)16(12-18(17)24-10-4-9-23)22-8-7-21-6-3-5-14(21)13-22/h9,11-12,14H,3-8,10,13H2,1-2H3. The number of anilines is 2. The summed E-state index contributed by atoms with van der Waals surface area (Å²) in [5.74, 6) is 0.580. The highest BCUT2D eigenvalue weighted by molar-refractivity contribution is 7.99. The van der Waals surface area contributed by atoms with Crippen LogP contribution in [0.25, 0.3) is 0 Å². The lowest BCUT2D eigenvalue weighted by Crippen LogP contribution is -2.50. The molecular formula is C18H26FN3OS. The van der Waals surface area contributed by atoms with Crippen LogP contribution < -0.4 is 9.80 Å². The molecule has 6 heteroatoms. The Labute approximate surface area is 148 Å². The number of carbonyl (C=O) groups excluding carboxylic acids is 1. The van der Waals surface area contributed by atoms with Gasteiger partial charge in [0.2, 0.25) is 0 Å². The first kappa shape index (κ1) is 17.5. The highest BCUT2D eigenvalue weighted by Gasteiger charge is 2.31. The summed E-state index contributed by atoms with van der Waals surface area (Å²) in [6, 6.07) is 4.18. The molecule has 0 bridgehead atoms. The zero-order valence-electron chi connectivity index (χ0n) is 14.5. The zero-order valence-corrected chi connectivity index (χ0v) is 15.3. The van der Waals surface area contributed by atoms with E-state index in [-0.39, 0.29) is 5.82 Å². The third-order valence-electron chi connectivity index (χ3n) is 4.93. The van der Waals surface area contributed by atoms with Crippen molar-refractivity contribution in [2.24, 2.45) is 0 Å². The molecule has 0 N–H and O–H groups in total. The molecule has 0 saturated carbocycles. The fourth-order valence-corrected chi connectivity index (χ4v) is 4.68. The van der Waals surface area contributed by atoms with E-state index in [9.17, 15) is 9.18 Å². The summed E-state index contributed by atoms with van der Waals surface area (Å²) < 4.78 is 14.8. The summed E-state index contributed by atoms with van der Waals surface area (Å²) >= 11 is 1.63. The average molecular weight is 351 g/mol. The molecule has 0 amide bonds. The number of hydrogen-bond acceptors (Lipinski definition) is 5. The molecule has 3 rings (SSSR count). The average Bonchev–Trinajstić information content (AvgIpc) is 3.03. The van der Waals surface area contributed by atoms with E-state index in [0.29, 0.717) is 18.2 Å². The maximum absolute atomic E-state index is 14.8. The topological polar surface area (TPSA) is 26.8 Å². The number of halogens is 1. The van der Waals surface area contributed by atoms with Gasteiger partial charge in [-0.3, -0.25) is 4.90 Å². The summed E-state index contributed by atoms with van der Waals surface area (Å²) in [4.78, 5) is 18.3. The lowest BCUT2D eigenvalue weighted by Gasteiger charge is -2.39. The number of thioether (sulfide) groups is 1. The van der Waals surface area contributed by atoms with Crippen molar-refractivity contribution in [2.75, 3.05) is 55.8 Å². The van der Waals surface area contributed by atoms with E-state index in [2.05, 4.69) is 9.80 Å². The highest BCUT2D eigenvalue weighted by atomic mass is 32.2. The van der Waals surface area contributed by atoms with Gasteiger partial charge in [-0.25, -0.2) is 4.39 Å². The first-order chi connectivity index (χ1) is 11.6. The summed E-state index contributed by atoms with van der Waals surface area (Å²) in [6.07, 6.45) is 3.93. The molecule has 1 atom stereocenters. The van der Waals surface area contributed by atoms with Crippen LogP contribution in [0.5, 0.6) is 0 Å². The largest absolute Gasteiger partial charge is 0.377 e. The van der Waals surface area contributed by atoms with Crippen LogP contribution in [-0.4, -0.2) is 63.3 Å². The van der Waals surface area contributed by atoms with Crippen LogP contribution >= 0.6 is 11.8 Å². The first-order valence-corrected chi connectivity index (χ1v) is 9.65. The van der Waals surface area contributed by atoms with Crippen molar-refractivity contribution in [1.29, 1.82) is 0 Å². The second-order valence-electron chi connectivity index (χ2n) is 6.75. The number of rotatable bonds is 6. The summed E-state index contributed by atoms with van der Waals surface area (Å²) in [6.45, 7) is 4.00. The molecule has 0 spiro atoms. The van der Waals surface area contributed by atoms with E-state index in [4.69, 9.17) is 0 Å². The Morgan fingerprint density at radius 2 is 2.17 bits per heavy atom. The quantitative estimate of drug-likeness (QED) is 0.446. The molecule has 2 aliphatic rings. The van der Waals surface area contributed by atoms with Crippen LogP contribution in [0.15, 0.2) is 17.0 Å². The van der Waals surface area contributed by atoms with Crippen molar-refractivity contribution in [1.82, 2.24) is 4.90 Å². The smallest absolute Gasteiger partial charge is 0.148 e. The summed E-state index contributed by atoms with van der Waals surface area (Å²) in [7, 11) is 3.85. The molecule has 1 aromatic rings. The van der Waals surface area contributed by atoms with Gasteiger partial charge in [-0.2, -0.15) is 0 Å². The monoisotopic (exact) mass is 351 g/mol. The van der Waals surface area contributed by atoms with Crippen LogP contribution in [0.3, 0.4) is 0 Å². The van der Waals surface area contributed by atoms with E-state index < -0.39 is 0 Å². The van der Waals surface area contributed by atoms with Crippen molar-refractivity contribution < 1.29 is 9.18 Å². The molecule has 1 aromatic carbocycles. The van der Waals surface area contributed by atoms with Crippen molar-refractivity contribution >= 4 is 29.4 Å². The maximum Gasteiger partial charge on any atom is 0.148 e. The van der Waals surface area contributed by atoms with Gasteiger partial charge in [0.25, 0.3) is 0 Å². The second-order valence-corrected chi connectivity index (χ2v) is 7.88. The van der Waals surface area contributed by atoms with Crippen LogP contribution in [-0.2, 0) is 4.79 Å². The predicted molar refractivity (Wildman–Crippen MR) is 98.9 cm³/mol. The fraction of sp³-hybridized carbons (Fsp3) is 0.611. The molecule has 0 radical (unpaired) electrons. The SMILES string of the molecule is CN(C)c1cc(F)c(N2CCN3CCCC3C2)cc1SCCC=O. The van der Waals surface area contributed by atoms with Crippen molar-refractivity contribution in [3.63, 3.8) is 0 Å². The zero-order chi connectivity index (χ0) is 17.1. The van der Waals surface area contributed by atoms with Gasteiger partial charge in [-0.1, -0.05) is 0 Å². The van der Waals surface area contributed by atoms with Crippen LogP contribution in [0.2, 0.25) is 0 Å². The van der Waals surface area contributed by atoms with Crippen molar-refractivity contribution in [3.05, 3.63) is 17.9 Å².